The van der Waals surface area contributed by atoms with Gasteiger partial charge in [0.15, 0.2) is 0 Å². The standard InChI is InChI=1S/C10H15F3O2/c1-3-5-6-8(10(11,12)13)7-9(14)15-4-2/h7H,3-6H2,1-2H3/b8-7-. The molecule has 0 aliphatic heterocycles. The second kappa shape index (κ2) is 6.48. The number of allylic oxidation sites excluding steroid dienone is 1. The third kappa shape index (κ3) is 6.14. The summed E-state index contributed by atoms with van der Waals surface area (Å²) >= 11 is 0. The van der Waals surface area contributed by atoms with Crippen molar-refractivity contribution in [2.45, 2.75) is 39.3 Å². The molecule has 5 heteroatoms. The van der Waals surface area contributed by atoms with Gasteiger partial charge < -0.3 is 4.74 Å². The number of carbonyl (C=O) groups is 1. The van der Waals surface area contributed by atoms with E-state index < -0.39 is 17.7 Å². The molecule has 0 N–H and O–H groups in total. The lowest BCUT2D eigenvalue weighted by Crippen LogP contribution is -2.14. The molecule has 0 radical (unpaired) electrons. The molecule has 0 heterocycles. The van der Waals surface area contributed by atoms with Gasteiger partial charge in [-0.1, -0.05) is 13.3 Å². The van der Waals surface area contributed by atoms with Crippen LogP contribution in [0.25, 0.3) is 0 Å². The van der Waals surface area contributed by atoms with E-state index in [9.17, 15) is 18.0 Å². The third-order valence-corrected chi connectivity index (χ3v) is 1.74. The summed E-state index contributed by atoms with van der Waals surface area (Å²) in [5, 5.41) is 0. The summed E-state index contributed by atoms with van der Waals surface area (Å²) in [5.74, 6) is -0.930. The molecule has 0 fully saturated rings. The van der Waals surface area contributed by atoms with E-state index in [2.05, 4.69) is 4.74 Å². The van der Waals surface area contributed by atoms with E-state index in [4.69, 9.17) is 0 Å². The Morgan fingerprint density at radius 1 is 1.33 bits per heavy atom. The lowest BCUT2D eigenvalue weighted by atomic mass is 10.1. The van der Waals surface area contributed by atoms with Crippen molar-refractivity contribution in [3.63, 3.8) is 0 Å². The van der Waals surface area contributed by atoms with Crippen LogP contribution >= 0.6 is 0 Å². The maximum absolute atomic E-state index is 12.4. The molecule has 0 amide bonds. The molecular weight excluding hydrogens is 209 g/mol. The molecule has 0 spiro atoms. The van der Waals surface area contributed by atoms with Gasteiger partial charge in [-0.3, -0.25) is 0 Å². The smallest absolute Gasteiger partial charge is 0.412 e. The maximum atomic E-state index is 12.4. The molecule has 0 aliphatic rings. The van der Waals surface area contributed by atoms with Crippen molar-refractivity contribution in [1.29, 1.82) is 0 Å². The van der Waals surface area contributed by atoms with Gasteiger partial charge in [0.25, 0.3) is 0 Å². The SMILES string of the molecule is CCCC/C(=C/C(=O)OCC)C(F)(F)F. The van der Waals surface area contributed by atoms with Gasteiger partial charge >= 0.3 is 12.1 Å². The fourth-order valence-electron chi connectivity index (χ4n) is 0.989. The Bertz CT molecular complexity index is 231. The number of alkyl halides is 3. The third-order valence-electron chi connectivity index (χ3n) is 1.74. The Morgan fingerprint density at radius 3 is 2.33 bits per heavy atom. The van der Waals surface area contributed by atoms with Crippen LogP contribution in [0.4, 0.5) is 13.2 Å². The number of unbranched alkanes of at least 4 members (excludes halogenated alkanes) is 1. The predicted molar refractivity (Wildman–Crippen MR) is 50.3 cm³/mol. The normalized spacial score (nSPS) is 12.7. The molecule has 0 saturated carbocycles. The highest BCUT2D eigenvalue weighted by atomic mass is 19.4. The molecule has 0 unspecified atom stereocenters. The van der Waals surface area contributed by atoms with Gasteiger partial charge in [-0.25, -0.2) is 4.79 Å². The quantitative estimate of drug-likeness (QED) is 0.529. The molecule has 0 aromatic rings. The zero-order valence-corrected chi connectivity index (χ0v) is 8.86. The fourth-order valence-corrected chi connectivity index (χ4v) is 0.989. The average Bonchev–Trinajstić information content (AvgIpc) is 2.10. The fraction of sp³-hybridized carbons (Fsp3) is 0.700. The van der Waals surface area contributed by atoms with Crippen molar-refractivity contribution in [2.24, 2.45) is 0 Å². The van der Waals surface area contributed by atoms with Gasteiger partial charge in [-0.2, -0.15) is 13.2 Å². The van der Waals surface area contributed by atoms with Crippen LogP contribution in [0.2, 0.25) is 0 Å². The molecule has 0 aliphatic carbocycles. The van der Waals surface area contributed by atoms with E-state index in [1.165, 1.54) is 0 Å². The molecular formula is C10H15F3O2. The monoisotopic (exact) mass is 224 g/mol. The second-order valence-electron chi connectivity index (χ2n) is 3.02. The zero-order chi connectivity index (χ0) is 11.9. The van der Waals surface area contributed by atoms with E-state index >= 15 is 0 Å². The zero-order valence-electron chi connectivity index (χ0n) is 8.86. The molecule has 2 nitrogen and oxygen atoms in total. The van der Waals surface area contributed by atoms with E-state index in [0.717, 1.165) is 0 Å². The molecule has 15 heavy (non-hydrogen) atoms. The first-order valence-corrected chi connectivity index (χ1v) is 4.86. The highest BCUT2D eigenvalue weighted by molar-refractivity contribution is 5.83. The Labute approximate surface area is 87.1 Å². The summed E-state index contributed by atoms with van der Waals surface area (Å²) in [6, 6.07) is 0. The van der Waals surface area contributed by atoms with Crippen molar-refractivity contribution < 1.29 is 22.7 Å². The van der Waals surface area contributed by atoms with Crippen molar-refractivity contribution in [3.05, 3.63) is 11.6 Å². The van der Waals surface area contributed by atoms with Crippen LogP contribution in [0.3, 0.4) is 0 Å². The number of hydrogen-bond donors (Lipinski definition) is 0. The first-order valence-electron chi connectivity index (χ1n) is 4.86. The number of hydrogen-bond acceptors (Lipinski definition) is 2. The number of ether oxygens (including phenoxy) is 1. The molecule has 0 aromatic carbocycles. The topological polar surface area (TPSA) is 26.3 Å². The van der Waals surface area contributed by atoms with Crippen molar-refractivity contribution in [2.75, 3.05) is 6.61 Å². The number of esters is 1. The minimum Gasteiger partial charge on any atom is -0.463 e. The number of rotatable bonds is 5. The Balaban J connectivity index is 4.54. The molecule has 0 atom stereocenters. The summed E-state index contributed by atoms with van der Waals surface area (Å²) in [6.45, 7) is 3.41. The van der Waals surface area contributed by atoms with E-state index in [1.54, 1.807) is 13.8 Å². The van der Waals surface area contributed by atoms with Crippen molar-refractivity contribution >= 4 is 5.97 Å². The molecule has 0 aromatic heterocycles. The predicted octanol–water partition coefficient (Wildman–Crippen LogP) is 3.23. The first kappa shape index (κ1) is 14.0. The average molecular weight is 224 g/mol. The van der Waals surface area contributed by atoms with Gasteiger partial charge in [-0.15, -0.1) is 0 Å². The number of carbonyl (C=O) groups excluding carboxylic acids is 1. The highest BCUT2D eigenvalue weighted by Gasteiger charge is 2.33. The Kier molecular flexibility index (Phi) is 6.05. The largest absolute Gasteiger partial charge is 0.463 e. The van der Waals surface area contributed by atoms with Crippen LogP contribution in [-0.2, 0) is 9.53 Å². The highest BCUT2D eigenvalue weighted by Crippen LogP contribution is 2.29. The minimum atomic E-state index is -4.44. The summed E-state index contributed by atoms with van der Waals surface area (Å²) in [5.41, 5.74) is -0.817. The van der Waals surface area contributed by atoms with Gasteiger partial charge in [0.05, 0.1) is 6.61 Å². The molecule has 0 bridgehead atoms. The maximum Gasteiger partial charge on any atom is 0.412 e. The van der Waals surface area contributed by atoms with E-state index in [1.807, 2.05) is 0 Å². The minimum absolute atomic E-state index is 0.0776. The van der Waals surface area contributed by atoms with Gasteiger partial charge in [0.2, 0.25) is 0 Å². The summed E-state index contributed by atoms with van der Waals surface area (Å²) < 4.78 is 41.5. The van der Waals surface area contributed by atoms with E-state index in [0.29, 0.717) is 18.9 Å². The lowest BCUT2D eigenvalue weighted by molar-refractivity contribution is -0.138. The Hall–Kier alpha value is -1.00. The van der Waals surface area contributed by atoms with E-state index in [-0.39, 0.29) is 13.0 Å². The van der Waals surface area contributed by atoms with Crippen LogP contribution in [0.15, 0.2) is 11.6 Å². The second-order valence-corrected chi connectivity index (χ2v) is 3.02. The molecule has 88 valence electrons. The first-order chi connectivity index (χ1) is 6.91. The number of halogens is 3. The van der Waals surface area contributed by atoms with Crippen molar-refractivity contribution in [3.8, 4) is 0 Å². The summed E-state index contributed by atoms with van der Waals surface area (Å²) in [6.07, 6.45) is -2.99. The molecule has 0 rings (SSSR count). The molecule has 0 saturated heterocycles. The Morgan fingerprint density at radius 2 is 1.93 bits per heavy atom. The summed E-state index contributed by atoms with van der Waals surface area (Å²) in [7, 11) is 0. The van der Waals surface area contributed by atoms with Crippen LogP contribution in [-0.4, -0.2) is 18.8 Å². The van der Waals surface area contributed by atoms with Crippen LogP contribution in [0, 0.1) is 0 Å². The van der Waals surface area contributed by atoms with Gasteiger partial charge in [-0.05, 0) is 19.8 Å². The van der Waals surface area contributed by atoms with Gasteiger partial charge in [0, 0.05) is 11.6 Å². The van der Waals surface area contributed by atoms with Crippen LogP contribution in [0.5, 0.6) is 0 Å². The van der Waals surface area contributed by atoms with Crippen LogP contribution < -0.4 is 0 Å². The summed E-state index contributed by atoms with van der Waals surface area (Å²) in [4.78, 5) is 10.9. The van der Waals surface area contributed by atoms with Crippen molar-refractivity contribution in [1.82, 2.24) is 0 Å². The van der Waals surface area contributed by atoms with Gasteiger partial charge in [0.1, 0.15) is 0 Å². The van der Waals surface area contributed by atoms with Crippen LogP contribution in [0.1, 0.15) is 33.1 Å². The lowest BCUT2D eigenvalue weighted by Gasteiger charge is -2.10.